The molecule has 1 aromatic heterocycles. The Balaban J connectivity index is 1.56. The Hall–Kier alpha value is -2.28. The van der Waals surface area contributed by atoms with Crippen LogP contribution in [0.1, 0.15) is 35.6 Å². The second-order valence-corrected chi connectivity index (χ2v) is 6.96. The number of carbonyl (C=O) groups is 1. The van der Waals surface area contributed by atoms with Crippen LogP contribution in [-0.4, -0.2) is 22.0 Å². The van der Waals surface area contributed by atoms with E-state index in [0.717, 1.165) is 37.0 Å². The number of carbonyl (C=O) groups excluding carboxylic acids is 1. The number of nitrogens with zero attached hydrogens (tertiary/aromatic N) is 2. The lowest BCUT2D eigenvalue weighted by Gasteiger charge is -2.36. The summed E-state index contributed by atoms with van der Waals surface area (Å²) in [6, 6.07) is 4.90. The zero-order valence-electron chi connectivity index (χ0n) is 13.6. The number of amides is 2. The lowest BCUT2D eigenvalue weighted by atomic mass is 9.95. The van der Waals surface area contributed by atoms with Gasteiger partial charge in [-0.15, -0.1) is 0 Å². The first-order chi connectivity index (χ1) is 12.3. The molecule has 0 spiro atoms. The van der Waals surface area contributed by atoms with Crippen molar-refractivity contribution in [2.45, 2.75) is 37.5 Å². The number of anilines is 1. The van der Waals surface area contributed by atoms with Crippen molar-refractivity contribution in [2.75, 3.05) is 5.32 Å². The molecule has 4 nitrogen and oxygen atoms in total. The van der Waals surface area contributed by atoms with Gasteiger partial charge in [-0.2, -0.15) is 13.2 Å². The minimum atomic E-state index is -4.53. The summed E-state index contributed by atoms with van der Waals surface area (Å²) >= 11 is 5.73. The third-order valence-corrected chi connectivity index (χ3v) is 5.34. The summed E-state index contributed by atoms with van der Waals surface area (Å²) in [7, 11) is 0. The van der Waals surface area contributed by atoms with Crippen molar-refractivity contribution in [1.82, 2.24) is 9.88 Å². The SMILES string of the molecule is O=C(Nc1ccc(C(F)(F)F)c(Cl)c1)N1C2CCC1c1cnccc1C2. The largest absolute Gasteiger partial charge is 0.417 e. The van der Waals surface area contributed by atoms with Crippen molar-refractivity contribution in [3.05, 3.63) is 58.4 Å². The van der Waals surface area contributed by atoms with Gasteiger partial charge >= 0.3 is 12.2 Å². The third kappa shape index (κ3) is 2.90. The molecule has 2 aromatic rings. The van der Waals surface area contributed by atoms with E-state index < -0.39 is 16.8 Å². The molecule has 1 N–H and O–H groups in total. The molecule has 26 heavy (non-hydrogen) atoms. The van der Waals surface area contributed by atoms with Crippen molar-refractivity contribution in [3.63, 3.8) is 0 Å². The number of benzene rings is 1. The Morgan fingerprint density at radius 2 is 2.08 bits per heavy atom. The van der Waals surface area contributed by atoms with Gasteiger partial charge in [-0.1, -0.05) is 11.6 Å². The molecule has 136 valence electrons. The van der Waals surface area contributed by atoms with Crippen LogP contribution in [0, 0.1) is 0 Å². The molecular weight excluding hydrogens is 367 g/mol. The fourth-order valence-corrected chi connectivity index (χ4v) is 4.17. The van der Waals surface area contributed by atoms with Gasteiger partial charge in [-0.05, 0) is 54.7 Å². The van der Waals surface area contributed by atoms with E-state index in [1.807, 2.05) is 6.07 Å². The van der Waals surface area contributed by atoms with E-state index in [1.165, 1.54) is 11.6 Å². The van der Waals surface area contributed by atoms with Gasteiger partial charge in [0.25, 0.3) is 0 Å². The first kappa shape index (κ1) is 17.1. The maximum absolute atomic E-state index is 12.8. The molecule has 0 saturated carbocycles. The van der Waals surface area contributed by atoms with Crippen LogP contribution >= 0.6 is 11.6 Å². The average molecular weight is 382 g/mol. The molecule has 3 heterocycles. The molecule has 1 aromatic carbocycles. The number of pyridine rings is 1. The van der Waals surface area contributed by atoms with Gasteiger partial charge in [0.2, 0.25) is 0 Å². The highest BCUT2D eigenvalue weighted by Crippen LogP contribution is 2.43. The predicted octanol–water partition coefficient (Wildman–Crippen LogP) is 5.05. The molecule has 2 aliphatic rings. The monoisotopic (exact) mass is 381 g/mol. The first-order valence-corrected chi connectivity index (χ1v) is 8.61. The predicted molar refractivity (Wildman–Crippen MR) is 91.0 cm³/mol. The summed E-state index contributed by atoms with van der Waals surface area (Å²) in [5, 5.41) is 2.24. The Morgan fingerprint density at radius 1 is 1.27 bits per heavy atom. The summed E-state index contributed by atoms with van der Waals surface area (Å²) in [5.41, 5.74) is 1.57. The fraction of sp³-hybridized carbons (Fsp3) is 0.333. The Kier molecular flexibility index (Phi) is 4.06. The maximum Gasteiger partial charge on any atom is 0.417 e. The number of hydrogen-bond acceptors (Lipinski definition) is 2. The molecule has 4 rings (SSSR count). The van der Waals surface area contributed by atoms with Crippen LogP contribution in [0.25, 0.3) is 0 Å². The molecule has 0 aliphatic carbocycles. The number of urea groups is 1. The van der Waals surface area contributed by atoms with Gasteiger partial charge in [0.15, 0.2) is 0 Å². The highest BCUT2D eigenvalue weighted by atomic mass is 35.5. The summed E-state index contributed by atoms with van der Waals surface area (Å²) < 4.78 is 38.4. The van der Waals surface area contributed by atoms with Crippen LogP contribution in [-0.2, 0) is 12.6 Å². The number of fused-ring (bicyclic) bond motifs is 4. The Morgan fingerprint density at radius 3 is 2.81 bits per heavy atom. The zero-order valence-corrected chi connectivity index (χ0v) is 14.3. The molecule has 1 fully saturated rings. The first-order valence-electron chi connectivity index (χ1n) is 8.23. The molecule has 2 amide bonds. The lowest BCUT2D eigenvalue weighted by molar-refractivity contribution is -0.137. The van der Waals surface area contributed by atoms with Gasteiger partial charge in [0, 0.05) is 24.1 Å². The molecule has 8 heteroatoms. The number of rotatable bonds is 1. The molecule has 2 atom stereocenters. The van der Waals surface area contributed by atoms with E-state index in [2.05, 4.69) is 10.3 Å². The van der Waals surface area contributed by atoms with E-state index in [-0.39, 0.29) is 23.8 Å². The van der Waals surface area contributed by atoms with Crippen LogP contribution in [0.5, 0.6) is 0 Å². The topological polar surface area (TPSA) is 45.2 Å². The van der Waals surface area contributed by atoms with Gasteiger partial charge in [-0.3, -0.25) is 4.98 Å². The second-order valence-electron chi connectivity index (χ2n) is 6.56. The zero-order chi connectivity index (χ0) is 18.5. The second kappa shape index (κ2) is 6.16. The van der Waals surface area contributed by atoms with Crippen LogP contribution in [0.15, 0.2) is 36.7 Å². The van der Waals surface area contributed by atoms with Crippen molar-refractivity contribution in [2.24, 2.45) is 0 Å². The molecule has 2 unspecified atom stereocenters. The van der Waals surface area contributed by atoms with Crippen LogP contribution in [0.2, 0.25) is 5.02 Å². The van der Waals surface area contributed by atoms with Gasteiger partial charge in [-0.25, -0.2) is 4.79 Å². The number of alkyl halides is 3. The van der Waals surface area contributed by atoms with Crippen molar-refractivity contribution >= 4 is 23.3 Å². The van der Waals surface area contributed by atoms with Gasteiger partial charge in [0.1, 0.15) is 0 Å². The summed E-state index contributed by atoms with van der Waals surface area (Å²) in [6.07, 6.45) is 1.51. The standard InChI is InChI=1S/C18H15ClF3N3O/c19-15-8-11(1-3-14(15)18(20,21)22)24-17(26)25-12-2-4-16(25)13-9-23-6-5-10(13)7-12/h1,3,5-6,8-9,12,16H,2,4,7H2,(H,24,26). The Labute approximate surface area is 153 Å². The van der Waals surface area contributed by atoms with Crippen LogP contribution in [0.4, 0.5) is 23.7 Å². The molecule has 2 aliphatic heterocycles. The van der Waals surface area contributed by atoms with Gasteiger partial charge in [0.05, 0.1) is 16.6 Å². The smallest absolute Gasteiger partial charge is 0.314 e. The van der Waals surface area contributed by atoms with E-state index in [4.69, 9.17) is 11.6 Å². The average Bonchev–Trinajstić information content (AvgIpc) is 2.89. The minimum Gasteiger partial charge on any atom is -0.314 e. The molecule has 1 saturated heterocycles. The van der Waals surface area contributed by atoms with E-state index in [0.29, 0.717) is 0 Å². The minimum absolute atomic E-state index is 0.0534. The van der Waals surface area contributed by atoms with Gasteiger partial charge < -0.3 is 10.2 Å². The third-order valence-electron chi connectivity index (χ3n) is 5.02. The van der Waals surface area contributed by atoms with E-state index >= 15 is 0 Å². The number of nitrogens with one attached hydrogen (secondary N) is 1. The number of hydrogen-bond donors (Lipinski definition) is 1. The molecule has 0 radical (unpaired) electrons. The summed E-state index contributed by atoms with van der Waals surface area (Å²) in [6.45, 7) is 0. The summed E-state index contributed by atoms with van der Waals surface area (Å²) in [4.78, 5) is 18.7. The van der Waals surface area contributed by atoms with Crippen molar-refractivity contribution < 1.29 is 18.0 Å². The molecular formula is C18H15ClF3N3O. The van der Waals surface area contributed by atoms with Crippen LogP contribution < -0.4 is 5.32 Å². The van der Waals surface area contributed by atoms with Crippen molar-refractivity contribution in [1.29, 1.82) is 0 Å². The maximum atomic E-state index is 12.8. The number of halogens is 4. The Bertz CT molecular complexity index is 871. The van der Waals surface area contributed by atoms with Crippen molar-refractivity contribution in [3.8, 4) is 0 Å². The highest BCUT2D eigenvalue weighted by Gasteiger charge is 2.42. The van der Waals surface area contributed by atoms with E-state index in [1.54, 1.807) is 17.3 Å². The normalized spacial score (nSPS) is 21.5. The van der Waals surface area contributed by atoms with Crippen LogP contribution in [0.3, 0.4) is 0 Å². The lowest BCUT2D eigenvalue weighted by Crippen LogP contribution is -2.44. The number of aromatic nitrogens is 1. The molecule has 2 bridgehead atoms. The highest BCUT2D eigenvalue weighted by molar-refractivity contribution is 6.31. The summed E-state index contributed by atoms with van der Waals surface area (Å²) in [5.74, 6) is 0. The quantitative estimate of drug-likeness (QED) is 0.751. The van der Waals surface area contributed by atoms with E-state index in [9.17, 15) is 18.0 Å². The fourth-order valence-electron chi connectivity index (χ4n) is 3.88.